The molecular formula is C25H23NO. The Kier molecular flexibility index (Phi) is 4.64. The number of hydrogen-bond acceptors (Lipinski definition) is 1. The largest absolute Gasteiger partial charge is 0.355 e. The molecule has 0 radical (unpaired) electrons. The highest BCUT2D eigenvalue weighted by Crippen LogP contribution is 2.51. The molecule has 0 atom stereocenters. The number of fused-ring (bicyclic) bond motifs is 3. The molecule has 2 heteroatoms. The van der Waals surface area contributed by atoms with E-state index in [-0.39, 0.29) is 5.91 Å². The fraction of sp³-hybridized carbons (Fsp3) is 0.160. The van der Waals surface area contributed by atoms with E-state index < -0.39 is 5.41 Å². The van der Waals surface area contributed by atoms with E-state index in [9.17, 15) is 4.79 Å². The average Bonchev–Trinajstić information content (AvgIpc) is 3.01. The van der Waals surface area contributed by atoms with Gasteiger partial charge in [0, 0.05) is 6.54 Å². The maximum absolute atomic E-state index is 13.4. The zero-order valence-electron chi connectivity index (χ0n) is 15.5. The van der Waals surface area contributed by atoms with E-state index in [1.54, 1.807) is 0 Å². The molecule has 0 saturated carbocycles. The van der Waals surface area contributed by atoms with Gasteiger partial charge in [-0.1, -0.05) is 91.0 Å². The number of nitrogens with one attached hydrogen (secondary N) is 1. The number of benzene rings is 3. The van der Waals surface area contributed by atoms with Crippen molar-refractivity contribution in [1.82, 2.24) is 5.32 Å². The standard InChI is InChI=1S/C25H23NO/c1-2-26-24(27)25(18-10-13-19-11-4-3-5-12-19)22-16-8-6-14-20(22)21-15-7-9-17-23(21)25/h3-17H,2,18H2,1H3,(H,26,27)/b13-10+. The first kappa shape index (κ1) is 17.3. The van der Waals surface area contributed by atoms with Gasteiger partial charge in [-0.15, -0.1) is 0 Å². The highest BCUT2D eigenvalue weighted by Gasteiger charge is 2.47. The minimum absolute atomic E-state index is 0.0695. The molecule has 0 unspecified atom stereocenters. The molecule has 134 valence electrons. The summed E-state index contributed by atoms with van der Waals surface area (Å²) in [6, 6.07) is 26.8. The molecule has 1 aliphatic rings. The van der Waals surface area contributed by atoms with Crippen LogP contribution >= 0.6 is 0 Å². The van der Waals surface area contributed by atoms with Gasteiger partial charge in [-0.05, 0) is 41.2 Å². The van der Waals surface area contributed by atoms with Crippen LogP contribution < -0.4 is 5.32 Å². The molecule has 0 bridgehead atoms. The van der Waals surface area contributed by atoms with Crippen LogP contribution in [-0.2, 0) is 10.2 Å². The van der Waals surface area contributed by atoms with Gasteiger partial charge in [-0.2, -0.15) is 0 Å². The van der Waals surface area contributed by atoms with Gasteiger partial charge in [-0.25, -0.2) is 0 Å². The Labute approximate surface area is 160 Å². The third-order valence-electron chi connectivity index (χ3n) is 5.32. The molecule has 0 heterocycles. The van der Waals surface area contributed by atoms with Crippen molar-refractivity contribution in [3.8, 4) is 11.1 Å². The van der Waals surface area contributed by atoms with Gasteiger partial charge in [0.2, 0.25) is 5.91 Å². The summed E-state index contributed by atoms with van der Waals surface area (Å²) < 4.78 is 0. The normalized spacial score (nSPS) is 14.0. The summed E-state index contributed by atoms with van der Waals surface area (Å²) in [5.41, 5.74) is 4.96. The van der Waals surface area contributed by atoms with E-state index in [2.05, 4.69) is 53.9 Å². The second-order valence-electron chi connectivity index (χ2n) is 6.87. The van der Waals surface area contributed by atoms with E-state index in [1.807, 2.05) is 49.4 Å². The second-order valence-corrected chi connectivity index (χ2v) is 6.87. The van der Waals surface area contributed by atoms with Crippen LogP contribution in [-0.4, -0.2) is 12.5 Å². The highest BCUT2D eigenvalue weighted by molar-refractivity contribution is 6.00. The van der Waals surface area contributed by atoms with Crippen LogP contribution in [0.5, 0.6) is 0 Å². The lowest BCUT2D eigenvalue weighted by Gasteiger charge is -2.29. The minimum Gasteiger partial charge on any atom is -0.355 e. The lowest BCUT2D eigenvalue weighted by Crippen LogP contribution is -2.43. The molecular weight excluding hydrogens is 330 g/mol. The number of likely N-dealkylation sites (N-methyl/N-ethyl adjacent to an activating group) is 1. The lowest BCUT2D eigenvalue weighted by atomic mass is 9.74. The van der Waals surface area contributed by atoms with Crippen molar-refractivity contribution in [3.05, 3.63) is 102 Å². The van der Waals surface area contributed by atoms with Gasteiger partial charge in [0.15, 0.2) is 0 Å². The van der Waals surface area contributed by atoms with Crippen LogP contribution in [0.15, 0.2) is 84.9 Å². The Balaban J connectivity index is 1.84. The summed E-state index contributed by atoms with van der Waals surface area (Å²) in [7, 11) is 0. The van der Waals surface area contributed by atoms with Crippen molar-refractivity contribution < 1.29 is 4.79 Å². The second kappa shape index (κ2) is 7.24. The summed E-state index contributed by atoms with van der Waals surface area (Å²) in [5.74, 6) is 0.0695. The van der Waals surface area contributed by atoms with E-state index >= 15 is 0 Å². The van der Waals surface area contributed by atoms with Crippen molar-refractivity contribution in [2.45, 2.75) is 18.8 Å². The van der Waals surface area contributed by atoms with Crippen LogP contribution in [0.3, 0.4) is 0 Å². The van der Waals surface area contributed by atoms with Gasteiger partial charge in [0.1, 0.15) is 5.41 Å². The Morgan fingerprint density at radius 1 is 0.852 bits per heavy atom. The zero-order chi connectivity index (χ0) is 18.7. The first-order valence-electron chi connectivity index (χ1n) is 9.46. The van der Waals surface area contributed by atoms with Gasteiger partial charge in [0.25, 0.3) is 0 Å². The van der Waals surface area contributed by atoms with Crippen molar-refractivity contribution in [2.75, 3.05) is 6.54 Å². The maximum atomic E-state index is 13.4. The predicted molar refractivity (Wildman–Crippen MR) is 111 cm³/mol. The Morgan fingerprint density at radius 2 is 1.41 bits per heavy atom. The molecule has 1 N–H and O–H groups in total. The molecule has 0 aliphatic heterocycles. The third-order valence-corrected chi connectivity index (χ3v) is 5.32. The van der Waals surface area contributed by atoms with Gasteiger partial charge < -0.3 is 5.32 Å². The molecule has 0 fully saturated rings. The molecule has 4 rings (SSSR count). The van der Waals surface area contributed by atoms with Gasteiger partial charge in [0.05, 0.1) is 0 Å². The fourth-order valence-electron chi connectivity index (χ4n) is 4.13. The summed E-state index contributed by atoms with van der Waals surface area (Å²) in [6.45, 7) is 2.59. The van der Waals surface area contributed by atoms with Crippen LogP contribution in [0.1, 0.15) is 30.0 Å². The van der Waals surface area contributed by atoms with E-state index in [1.165, 1.54) is 0 Å². The van der Waals surface area contributed by atoms with Crippen LogP contribution in [0.4, 0.5) is 0 Å². The minimum atomic E-state index is -0.686. The molecule has 0 spiro atoms. The van der Waals surface area contributed by atoms with Crippen molar-refractivity contribution in [2.24, 2.45) is 0 Å². The van der Waals surface area contributed by atoms with E-state index in [0.717, 1.165) is 27.8 Å². The molecule has 1 amide bonds. The topological polar surface area (TPSA) is 29.1 Å². The molecule has 3 aromatic rings. The monoisotopic (exact) mass is 353 g/mol. The van der Waals surface area contributed by atoms with Crippen LogP contribution in [0.25, 0.3) is 17.2 Å². The Bertz CT molecular complexity index is 942. The molecule has 3 aromatic carbocycles. The van der Waals surface area contributed by atoms with Gasteiger partial charge in [-0.3, -0.25) is 4.79 Å². The quantitative estimate of drug-likeness (QED) is 0.672. The molecule has 1 aliphatic carbocycles. The first-order chi connectivity index (χ1) is 13.3. The molecule has 27 heavy (non-hydrogen) atoms. The average molecular weight is 353 g/mol. The summed E-state index contributed by atoms with van der Waals surface area (Å²) in [6.07, 6.45) is 4.86. The van der Waals surface area contributed by atoms with Crippen molar-refractivity contribution in [3.63, 3.8) is 0 Å². The summed E-state index contributed by atoms with van der Waals surface area (Å²) in [5, 5.41) is 3.09. The summed E-state index contributed by atoms with van der Waals surface area (Å²) in [4.78, 5) is 13.4. The van der Waals surface area contributed by atoms with Crippen LogP contribution in [0, 0.1) is 0 Å². The van der Waals surface area contributed by atoms with E-state index in [4.69, 9.17) is 0 Å². The number of rotatable bonds is 5. The number of hydrogen-bond donors (Lipinski definition) is 1. The maximum Gasteiger partial charge on any atom is 0.235 e. The lowest BCUT2D eigenvalue weighted by molar-refractivity contribution is -0.125. The SMILES string of the molecule is CCNC(=O)C1(C/C=C/c2ccccc2)c2ccccc2-c2ccccc21. The van der Waals surface area contributed by atoms with Crippen molar-refractivity contribution >= 4 is 12.0 Å². The van der Waals surface area contributed by atoms with Crippen LogP contribution in [0.2, 0.25) is 0 Å². The molecule has 2 nitrogen and oxygen atoms in total. The molecule has 0 saturated heterocycles. The zero-order valence-corrected chi connectivity index (χ0v) is 15.5. The van der Waals surface area contributed by atoms with Gasteiger partial charge >= 0.3 is 0 Å². The predicted octanol–water partition coefficient (Wildman–Crippen LogP) is 5.19. The van der Waals surface area contributed by atoms with E-state index in [0.29, 0.717) is 13.0 Å². The fourth-order valence-corrected chi connectivity index (χ4v) is 4.13. The number of carbonyl (C=O) groups excluding carboxylic acids is 1. The Hall–Kier alpha value is -3.13. The van der Waals surface area contributed by atoms with Crippen molar-refractivity contribution in [1.29, 1.82) is 0 Å². The first-order valence-corrected chi connectivity index (χ1v) is 9.46. The molecule has 0 aromatic heterocycles. The number of carbonyl (C=O) groups is 1. The smallest absolute Gasteiger partial charge is 0.235 e. The number of amides is 1. The number of allylic oxidation sites excluding steroid dienone is 1. The Morgan fingerprint density at radius 3 is 2.00 bits per heavy atom. The highest BCUT2D eigenvalue weighted by atomic mass is 16.2. The third kappa shape index (κ3) is 2.87. The summed E-state index contributed by atoms with van der Waals surface area (Å²) >= 11 is 0.